The molecular weight excluding hydrogens is 412 g/mol. The first kappa shape index (κ1) is 23.0. The van der Waals surface area contributed by atoms with Crippen molar-refractivity contribution in [2.45, 2.75) is 25.7 Å². The molecule has 1 aromatic carbocycles. The van der Waals surface area contributed by atoms with Crippen LogP contribution >= 0.6 is 11.3 Å². The SMILES string of the molecule is CCOc1ccc(NC(=NC)NCCNS(=O)(=O)c2cc(C)sc2C)cc1OC. The summed E-state index contributed by atoms with van der Waals surface area (Å²) in [5.74, 6) is 1.79. The van der Waals surface area contributed by atoms with E-state index in [1.165, 1.54) is 11.3 Å². The summed E-state index contributed by atoms with van der Waals surface area (Å²) >= 11 is 1.47. The third-order valence-electron chi connectivity index (χ3n) is 3.94. The Kier molecular flexibility index (Phi) is 8.30. The van der Waals surface area contributed by atoms with Crippen molar-refractivity contribution in [3.05, 3.63) is 34.0 Å². The second-order valence-electron chi connectivity index (χ2n) is 6.10. The Morgan fingerprint density at radius 2 is 1.93 bits per heavy atom. The first-order valence-corrected chi connectivity index (χ1v) is 11.5. The maximum absolute atomic E-state index is 12.4. The zero-order valence-corrected chi connectivity index (χ0v) is 19.0. The summed E-state index contributed by atoms with van der Waals surface area (Å²) in [4.78, 5) is 6.24. The smallest absolute Gasteiger partial charge is 0.241 e. The monoisotopic (exact) mass is 440 g/mol. The number of benzene rings is 1. The van der Waals surface area contributed by atoms with Gasteiger partial charge in [-0.15, -0.1) is 11.3 Å². The van der Waals surface area contributed by atoms with Crippen molar-refractivity contribution in [2.75, 3.05) is 39.2 Å². The number of methoxy groups -OCH3 is 1. The second-order valence-corrected chi connectivity index (χ2v) is 9.29. The van der Waals surface area contributed by atoms with Crippen molar-refractivity contribution >= 4 is 33.0 Å². The van der Waals surface area contributed by atoms with Crippen molar-refractivity contribution in [3.63, 3.8) is 0 Å². The highest BCUT2D eigenvalue weighted by molar-refractivity contribution is 7.89. The maximum atomic E-state index is 12.4. The van der Waals surface area contributed by atoms with Crippen molar-refractivity contribution in [2.24, 2.45) is 4.99 Å². The molecule has 0 aliphatic rings. The van der Waals surface area contributed by atoms with Crippen LogP contribution in [0, 0.1) is 13.8 Å². The zero-order chi connectivity index (χ0) is 21.4. The lowest BCUT2D eigenvalue weighted by Crippen LogP contribution is -2.37. The van der Waals surface area contributed by atoms with E-state index in [0.717, 1.165) is 15.4 Å². The second kappa shape index (κ2) is 10.5. The molecule has 0 atom stereocenters. The Morgan fingerprint density at radius 3 is 2.52 bits per heavy atom. The molecule has 2 rings (SSSR count). The van der Waals surface area contributed by atoms with Crippen LogP contribution in [-0.2, 0) is 10.0 Å². The number of anilines is 1. The molecule has 1 aromatic heterocycles. The normalized spacial score (nSPS) is 12.0. The van der Waals surface area contributed by atoms with Gasteiger partial charge in [-0.05, 0) is 39.0 Å². The molecule has 1 heterocycles. The van der Waals surface area contributed by atoms with E-state index in [4.69, 9.17) is 9.47 Å². The van der Waals surface area contributed by atoms with Gasteiger partial charge < -0.3 is 20.1 Å². The van der Waals surface area contributed by atoms with Gasteiger partial charge >= 0.3 is 0 Å². The van der Waals surface area contributed by atoms with Gasteiger partial charge in [-0.3, -0.25) is 4.99 Å². The number of aliphatic imine (C=N–C) groups is 1. The van der Waals surface area contributed by atoms with E-state index in [-0.39, 0.29) is 6.54 Å². The molecule has 160 valence electrons. The number of aryl methyl sites for hydroxylation is 2. The van der Waals surface area contributed by atoms with Gasteiger partial charge in [0.25, 0.3) is 0 Å². The highest BCUT2D eigenvalue weighted by atomic mass is 32.2. The molecule has 0 amide bonds. The molecule has 0 bridgehead atoms. The van der Waals surface area contributed by atoms with Crippen molar-refractivity contribution in [1.82, 2.24) is 10.0 Å². The average molecular weight is 441 g/mol. The van der Waals surface area contributed by atoms with E-state index in [2.05, 4.69) is 20.3 Å². The van der Waals surface area contributed by atoms with E-state index in [1.54, 1.807) is 27.1 Å². The molecular formula is C19H28N4O4S2. The molecule has 29 heavy (non-hydrogen) atoms. The van der Waals surface area contributed by atoms with Gasteiger partial charge in [0, 0.05) is 41.6 Å². The Bertz CT molecular complexity index is 955. The van der Waals surface area contributed by atoms with Crippen molar-refractivity contribution in [3.8, 4) is 11.5 Å². The molecule has 0 radical (unpaired) electrons. The Balaban J connectivity index is 1.90. The number of thiophene rings is 1. The summed E-state index contributed by atoms with van der Waals surface area (Å²) < 4.78 is 38.3. The van der Waals surface area contributed by atoms with Crippen LogP contribution in [0.3, 0.4) is 0 Å². The highest BCUT2D eigenvalue weighted by Gasteiger charge is 2.18. The molecule has 0 saturated heterocycles. The van der Waals surface area contributed by atoms with Crippen molar-refractivity contribution in [1.29, 1.82) is 0 Å². The van der Waals surface area contributed by atoms with E-state index in [9.17, 15) is 8.42 Å². The van der Waals surface area contributed by atoms with Crippen LogP contribution < -0.4 is 24.8 Å². The summed E-state index contributed by atoms with van der Waals surface area (Å²) in [5, 5.41) is 6.22. The van der Waals surface area contributed by atoms with Crippen LogP contribution in [0.5, 0.6) is 11.5 Å². The predicted octanol–water partition coefficient (Wildman–Crippen LogP) is 2.74. The van der Waals surface area contributed by atoms with Crippen LogP contribution in [0.2, 0.25) is 0 Å². The number of rotatable bonds is 9. The van der Waals surface area contributed by atoms with Gasteiger partial charge in [0.1, 0.15) is 0 Å². The van der Waals surface area contributed by atoms with Gasteiger partial charge in [0.05, 0.1) is 18.6 Å². The molecule has 0 aliphatic carbocycles. The van der Waals surface area contributed by atoms with E-state index < -0.39 is 10.0 Å². The largest absolute Gasteiger partial charge is 0.493 e. The summed E-state index contributed by atoms with van der Waals surface area (Å²) in [6, 6.07) is 7.17. The average Bonchev–Trinajstić information content (AvgIpc) is 3.04. The minimum atomic E-state index is -3.52. The fraction of sp³-hybridized carbons (Fsp3) is 0.421. The fourth-order valence-corrected chi connectivity index (χ4v) is 5.24. The first-order chi connectivity index (χ1) is 13.8. The van der Waals surface area contributed by atoms with Gasteiger partial charge in [-0.2, -0.15) is 0 Å². The van der Waals surface area contributed by atoms with Gasteiger partial charge in [0.15, 0.2) is 17.5 Å². The molecule has 2 aromatic rings. The topological polar surface area (TPSA) is 101 Å². The van der Waals surface area contributed by atoms with E-state index in [0.29, 0.717) is 35.5 Å². The van der Waals surface area contributed by atoms with E-state index >= 15 is 0 Å². The maximum Gasteiger partial charge on any atom is 0.241 e. The van der Waals surface area contributed by atoms with Crippen molar-refractivity contribution < 1.29 is 17.9 Å². The zero-order valence-electron chi connectivity index (χ0n) is 17.3. The van der Waals surface area contributed by atoms with Crippen LogP contribution in [0.1, 0.15) is 16.7 Å². The van der Waals surface area contributed by atoms with Crippen LogP contribution in [0.25, 0.3) is 0 Å². The molecule has 0 fully saturated rings. The summed E-state index contributed by atoms with van der Waals surface area (Å²) in [6.07, 6.45) is 0. The Hall–Kier alpha value is -2.30. The molecule has 8 nitrogen and oxygen atoms in total. The lowest BCUT2D eigenvalue weighted by atomic mass is 10.2. The molecule has 0 aliphatic heterocycles. The lowest BCUT2D eigenvalue weighted by Gasteiger charge is -2.15. The minimum Gasteiger partial charge on any atom is -0.493 e. The quantitative estimate of drug-likeness (QED) is 0.315. The number of sulfonamides is 1. The molecule has 0 unspecified atom stereocenters. The van der Waals surface area contributed by atoms with Gasteiger partial charge in [-0.25, -0.2) is 13.1 Å². The third-order valence-corrected chi connectivity index (χ3v) is 6.63. The predicted molar refractivity (Wildman–Crippen MR) is 118 cm³/mol. The number of nitrogens with zero attached hydrogens (tertiary/aromatic N) is 1. The van der Waals surface area contributed by atoms with Gasteiger partial charge in [0.2, 0.25) is 10.0 Å². The fourth-order valence-electron chi connectivity index (χ4n) is 2.65. The summed E-state index contributed by atoms with van der Waals surface area (Å²) in [6.45, 7) is 6.75. The minimum absolute atomic E-state index is 0.226. The standard InChI is InChI=1S/C19H28N4O4S2/c1-6-27-16-8-7-15(12-17(16)26-5)23-19(20-4)21-9-10-22-29(24,25)18-11-13(2)28-14(18)3/h7-8,11-12,22H,6,9-10H2,1-5H3,(H2,20,21,23). The van der Waals surface area contributed by atoms with Gasteiger partial charge in [-0.1, -0.05) is 0 Å². The number of guanidine groups is 1. The number of ether oxygens (including phenoxy) is 2. The number of nitrogens with one attached hydrogen (secondary N) is 3. The molecule has 10 heteroatoms. The number of hydrogen-bond acceptors (Lipinski definition) is 6. The number of hydrogen-bond donors (Lipinski definition) is 3. The Morgan fingerprint density at radius 1 is 1.17 bits per heavy atom. The molecule has 0 saturated carbocycles. The Labute approximate surface area is 176 Å². The first-order valence-electron chi connectivity index (χ1n) is 9.16. The van der Waals surface area contributed by atoms with Crippen LogP contribution in [0.4, 0.5) is 5.69 Å². The van der Waals surface area contributed by atoms with E-state index in [1.807, 2.05) is 32.0 Å². The molecule has 0 spiro atoms. The van der Waals surface area contributed by atoms with Crippen LogP contribution in [-0.4, -0.2) is 48.2 Å². The summed E-state index contributed by atoms with van der Waals surface area (Å²) in [7, 11) is -0.301. The lowest BCUT2D eigenvalue weighted by molar-refractivity contribution is 0.311. The molecule has 3 N–H and O–H groups in total. The van der Waals surface area contributed by atoms with Crippen LogP contribution in [0.15, 0.2) is 34.2 Å². The highest BCUT2D eigenvalue weighted by Crippen LogP contribution is 2.30. The third kappa shape index (κ3) is 6.34. The summed E-state index contributed by atoms with van der Waals surface area (Å²) in [5.41, 5.74) is 0.767.